The van der Waals surface area contributed by atoms with E-state index >= 15 is 0 Å². The van der Waals surface area contributed by atoms with E-state index in [2.05, 4.69) is 39.0 Å². The second-order valence-corrected chi connectivity index (χ2v) is 13.7. The van der Waals surface area contributed by atoms with Gasteiger partial charge < -0.3 is 5.73 Å². The fourth-order valence-corrected chi connectivity index (χ4v) is 7.30. The first-order valence-electron chi connectivity index (χ1n) is 13.3. The molecular weight excluding hydrogens is 593 g/mol. The van der Waals surface area contributed by atoms with Crippen molar-refractivity contribution in [1.82, 2.24) is 0 Å². The van der Waals surface area contributed by atoms with Gasteiger partial charge in [0.1, 0.15) is 5.82 Å². The number of carbonyl (C=O) groups is 1. The number of rotatable bonds is 5. The largest absolute Gasteiger partial charge is 0.384 e. The number of hydrogen-bond acceptors (Lipinski definition) is 5. The van der Waals surface area contributed by atoms with E-state index in [0.29, 0.717) is 44.7 Å². The lowest BCUT2D eigenvalue weighted by Crippen LogP contribution is -2.42. The van der Waals surface area contributed by atoms with E-state index in [-0.39, 0.29) is 17.0 Å². The minimum Gasteiger partial charge on any atom is -0.384 e. The summed E-state index contributed by atoms with van der Waals surface area (Å²) >= 11 is 20.9. The number of hydrogen-bond donors (Lipinski definition) is 1. The van der Waals surface area contributed by atoms with E-state index in [9.17, 15) is 10.1 Å². The number of carbonyl (C=O) groups excluding carboxylic acids is 1. The maximum atomic E-state index is 14.0. The van der Waals surface area contributed by atoms with Gasteiger partial charge in [-0.15, -0.1) is 11.8 Å². The Hall–Kier alpha value is -2.88. The van der Waals surface area contributed by atoms with Crippen LogP contribution in [-0.2, 0) is 10.5 Å². The van der Waals surface area contributed by atoms with Crippen LogP contribution < -0.4 is 10.6 Å². The van der Waals surface area contributed by atoms with Crippen molar-refractivity contribution in [3.05, 3.63) is 115 Å². The van der Waals surface area contributed by atoms with Crippen molar-refractivity contribution < 1.29 is 4.79 Å². The Labute approximate surface area is 260 Å². The standard InChI is InChI=1S/C33H30Cl3N3OS/c1-18-12-19(2)23(13-20(18)17-41-22-10-8-21(34)9-11-22)29-24(16-37)32(38)39(26-7-5-6-25(35)31(26)36)27-14-33(3,4)15-28(40)30(27)29/h5-13,29H,14-15,17,38H2,1-4H3. The lowest BCUT2D eigenvalue weighted by Gasteiger charge is -2.44. The zero-order valence-corrected chi connectivity index (χ0v) is 26.4. The molecule has 0 fully saturated rings. The Kier molecular flexibility index (Phi) is 8.25. The number of benzene rings is 3. The zero-order chi connectivity index (χ0) is 29.6. The van der Waals surface area contributed by atoms with Gasteiger partial charge in [-0.2, -0.15) is 5.26 Å². The van der Waals surface area contributed by atoms with Crippen LogP contribution in [-0.4, -0.2) is 5.78 Å². The number of Topliss-reactive ketones (excluding diaryl/α,β-unsaturated/α-hetero) is 1. The lowest BCUT2D eigenvalue weighted by molar-refractivity contribution is -0.118. The number of aryl methyl sites for hydroxylation is 2. The van der Waals surface area contributed by atoms with Crippen molar-refractivity contribution in [2.24, 2.45) is 11.1 Å². The Morgan fingerprint density at radius 3 is 2.44 bits per heavy atom. The Morgan fingerprint density at radius 2 is 1.76 bits per heavy atom. The molecule has 1 aliphatic heterocycles. The van der Waals surface area contributed by atoms with Crippen LogP contribution >= 0.6 is 46.6 Å². The molecule has 1 atom stereocenters. The van der Waals surface area contributed by atoms with Gasteiger partial charge in [0.15, 0.2) is 5.78 Å². The number of halogens is 3. The van der Waals surface area contributed by atoms with Crippen LogP contribution in [0, 0.1) is 30.6 Å². The van der Waals surface area contributed by atoms with E-state index in [1.165, 1.54) is 0 Å². The van der Waals surface area contributed by atoms with E-state index < -0.39 is 5.92 Å². The van der Waals surface area contributed by atoms with Gasteiger partial charge in [0.25, 0.3) is 0 Å². The average molecular weight is 623 g/mol. The average Bonchev–Trinajstić information content (AvgIpc) is 2.90. The van der Waals surface area contributed by atoms with Crippen molar-refractivity contribution >= 4 is 58.0 Å². The van der Waals surface area contributed by atoms with E-state index in [1.54, 1.807) is 28.8 Å². The predicted octanol–water partition coefficient (Wildman–Crippen LogP) is 9.50. The van der Waals surface area contributed by atoms with Gasteiger partial charge in [-0.05, 0) is 84.3 Å². The molecule has 5 rings (SSSR count). The predicted molar refractivity (Wildman–Crippen MR) is 170 cm³/mol. The third-order valence-electron chi connectivity index (χ3n) is 7.80. The summed E-state index contributed by atoms with van der Waals surface area (Å²) in [6.45, 7) is 8.27. The molecule has 1 aliphatic carbocycles. The molecule has 2 N–H and O–H groups in total. The molecule has 3 aromatic carbocycles. The maximum absolute atomic E-state index is 14.0. The molecule has 0 saturated carbocycles. The number of ketones is 1. The molecule has 0 bridgehead atoms. The fraction of sp³-hybridized carbons (Fsp3) is 0.273. The van der Waals surface area contributed by atoms with Gasteiger partial charge in [-0.3, -0.25) is 9.69 Å². The topological polar surface area (TPSA) is 70.1 Å². The highest BCUT2D eigenvalue weighted by atomic mass is 35.5. The second kappa shape index (κ2) is 11.4. The summed E-state index contributed by atoms with van der Waals surface area (Å²) in [6.07, 6.45) is 0.971. The normalized spacial score (nSPS) is 18.4. The minimum absolute atomic E-state index is 0.0155. The molecular formula is C33H30Cl3N3OS. The first kappa shape index (κ1) is 29.6. The summed E-state index contributed by atoms with van der Waals surface area (Å²) in [5.74, 6) is 0.434. The van der Waals surface area contributed by atoms with Gasteiger partial charge in [0.2, 0.25) is 0 Å². The molecule has 0 spiro atoms. The molecule has 3 aromatic rings. The van der Waals surface area contributed by atoms with Crippen LogP contribution in [0.2, 0.25) is 15.1 Å². The van der Waals surface area contributed by atoms with E-state index in [0.717, 1.165) is 38.6 Å². The summed E-state index contributed by atoms with van der Waals surface area (Å²) in [7, 11) is 0. The van der Waals surface area contributed by atoms with Gasteiger partial charge >= 0.3 is 0 Å². The Morgan fingerprint density at radius 1 is 1.05 bits per heavy atom. The molecule has 2 aliphatic rings. The maximum Gasteiger partial charge on any atom is 0.162 e. The Balaban J connectivity index is 1.68. The first-order valence-corrected chi connectivity index (χ1v) is 15.4. The van der Waals surface area contributed by atoms with Crippen molar-refractivity contribution in [2.75, 3.05) is 4.90 Å². The molecule has 0 radical (unpaired) electrons. The molecule has 4 nitrogen and oxygen atoms in total. The van der Waals surface area contributed by atoms with Crippen LogP contribution in [0.4, 0.5) is 5.69 Å². The number of allylic oxidation sites excluding steroid dienone is 3. The SMILES string of the molecule is Cc1cc(C)c(C2C(C#N)=C(N)N(c3cccc(Cl)c3Cl)C3=C2C(=O)CC(C)(C)C3)cc1CSc1ccc(Cl)cc1. The molecule has 41 heavy (non-hydrogen) atoms. The van der Waals surface area contributed by atoms with Crippen molar-refractivity contribution in [3.8, 4) is 6.07 Å². The molecule has 1 heterocycles. The third kappa shape index (κ3) is 5.64. The van der Waals surface area contributed by atoms with Crippen molar-refractivity contribution in [2.45, 2.75) is 57.1 Å². The van der Waals surface area contributed by atoms with Gasteiger partial charge in [0, 0.05) is 33.4 Å². The molecule has 0 aromatic heterocycles. The van der Waals surface area contributed by atoms with Gasteiger partial charge in [-0.1, -0.05) is 66.8 Å². The van der Waals surface area contributed by atoms with Gasteiger partial charge in [0.05, 0.1) is 33.3 Å². The summed E-state index contributed by atoms with van der Waals surface area (Å²) in [5, 5.41) is 11.9. The highest BCUT2D eigenvalue weighted by Crippen LogP contribution is 2.52. The number of anilines is 1. The van der Waals surface area contributed by atoms with E-state index in [1.807, 2.05) is 37.3 Å². The van der Waals surface area contributed by atoms with Crippen LogP contribution in [0.3, 0.4) is 0 Å². The smallest absolute Gasteiger partial charge is 0.162 e. The highest BCUT2D eigenvalue weighted by Gasteiger charge is 2.45. The van der Waals surface area contributed by atoms with Crippen LogP contribution in [0.1, 0.15) is 54.9 Å². The summed E-state index contributed by atoms with van der Waals surface area (Å²) in [6, 6.07) is 19.7. The zero-order valence-electron chi connectivity index (χ0n) is 23.3. The highest BCUT2D eigenvalue weighted by molar-refractivity contribution is 7.98. The number of nitrogens with zero attached hydrogens (tertiary/aromatic N) is 2. The summed E-state index contributed by atoms with van der Waals surface area (Å²) in [4.78, 5) is 16.9. The minimum atomic E-state index is -0.576. The van der Waals surface area contributed by atoms with E-state index in [4.69, 9.17) is 40.5 Å². The van der Waals surface area contributed by atoms with Gasteiger partial charge in [-0.25, -0.2) is 0 Å². The molecule has 210 valence electrons. The Bertz CT molecular complexity index is 1670. The molecule has 0 saturated heterocycles. The summed E-state index contributed by atoms with van der Waals surface area (Å²) < 4.78 is 0. The molecule has 1 unspecified atom stereocenters. The number of nitrogens with two attached hydrogens (primary N) is 1. The van der Waals surface area contributed by atoms with Crippen LogP contribution in [0.5, 0.6) is 0 Å². The number of thioether (sulfide) groups is 1. The monoisotopic (exact) mass is 621 g/mol. The second-order valence-electron chi connectivity index (χ2n) is 11.4. The molecule has 0 amide bonds. The third-order valence-corrected chi connectivity index (χ3v) is 9.92. The van der Waals surface area contributed by atoms with Crippen molar-refractivity contribution in [1.29, 1.82) is 5.26 Å². The van der Waals surface area contributed by atoms with Crippen molar-refractivity contribution in [3.63, 3.8) is 0 Å². The number of nitriles is 1. The fourth-order valence-electron chi connectivity index (χ4n) is 5.83. The molecule has 8 heteroatoms. The van der Waals surface area contributed by atoms with Crippen LogP contribution in [0.15, 0.2) is 82.2 Å². The quantitative estimate of drug-likeness (QED) is 0.287. The van der Waals surface area contributed by atoms with Crippen LogP contribution in [0.25, 0.3) is 0 Å². The summed E-state index contributed by atoms with van der Waals surface area (Å²) in [5.41, 5.74) is 13.0. The lowest BCUT2D eigenvalue weighted by atomic mass is 9.68. The first-order chi connectivity index (χ1) is 19.4.